The Morgan fingerprint density at radius 1 is 1.21 bits per heavy atom. The van der Waals surface area contributed by atoms with E-state index in [-0.39, 0.29) is 12.0 Å². The Hall–Kier alpha value is -1.79. The average molecular weight is 404 g/mol. The Labute approximate surface area is 175 Å². The second kappa shape index (κ2) is 9.81. The van der Waals surface area contributed by atoms with E-state index in [2.05, 4.69) is 24.0 Å². The third-order valence-electron chi connectivity index (χ3n) is 6.20. The second-order valence-electron chi connectivity index (χ2n) is 8.65. The molecule has 1 aliphatic carbocycles. The smallest absolute Gasteiger partial charge is 0.199 e. The maximum Gasteiger partial charge on any atom is 0.199 e. The van der Waals surface area contributed by atoms with Gasteiger partial charge in [-0.3, -0.25) is 4.99 Å². The fourth-order valence-electron chi connectivity index (χ4n) is 4.46. The van der Waals surface area contributed by atoms with Gasteiger partial charge in [0.05, 0.1) is 20.3 Å². The monoisotopic (exact) mass is 403 g/mol. The molecule has 0 spiro atoms. The highest BCUT2D eigenvalue weighted by atomic mass is 16.5. The standard InChI is InChI=1S/C23H37N3O3/c1-15(2)29-23-20(27-4)12-18(13-21(23)28-5)22-16(3)17(6-9-25-22)14-26-10-7-19(24)8-11-26/h6,9,12,15-19H,7-8,10-11,13-14,24H2,1-5H3. The molecule has 0 radical (unpaired) electrons. The minimum Gasteiger partial charge on any atom is -0.497 e. The largest absolute Gasteiger partial charge is 0.497 e. The van der Waals surface area contributed by atoms with Gasteiger partial charge in [0.25, 0.3) is 0 Å². The zero-order valence-corrected chi connectivity index (χ0v) is 18.6. The van der Waals surface area contributed by atoms with Crippen LogP contribution in [-0.2, 0) is 14.2 Å². The van der Waals surface area contributed by atoms with Crippen molar-refractivity contribution in [3.63, 3.8) is 0 Å². The lowest BCUT2D eigenvalue weighted by Crippen LogP contribution is -2.43. The number of nitrogens with zero attached hydrogens (tertiary/aromatic N) is 2. The van der Waals surface area contributed by atoms with Gasteiger partial charge in [-0.25, -0.2) is 0 Å². The van der Waals surface area contributed by atoms with Crippen LogP contribution in [0.15, 0.2) is 40.6 Å². The Balaban J connectivity index is 1.73. The Bertz CT molecular complexity index is 687. The molecule has 2 heterocycles. The molecule has 0 amide bonds. The average Bonchev–Trinajstić information content (AvgIpc) is 2.71. The molecule has 6 nitrogen and oxygen atoms in total. The van der Waals surface area contributed by atoms with Gasteiger partial charge in [0, 0.05) is 42.8 Å². The number of piperidine rings is 1. The van der Waals surface area contributed by atoms with E-state index in [1.165, 1.54) is 5.71 Å². The molecular weight excluding hydrogens is 366 g/mol. The van der Waals surface area contributed by atoms with Crippen molar-refractivity contribution in [3.05, 3.63) is 35.6 Å². The molecule has 1 fully saturated rings. The number of ether oxygens (including phenoxy) is 3. The number of allylic oxidation sites excluding steroid dienone is 2. The zero-order chi connectivity index (χ0) is 21.0. The lowest BCUT2D eigenvalue weighted by molar-refractivity contribution is 0.101. The summed E-state index contributed by atoms with van der Waals surface area (Å²) in [7, 11) is 3.38. The number of aliphatic imine (C=N–C) groups is 1. The molecule has 0 aromatic rings. The van der Waals surface area contributed by atoms with Crippen molar-refractivity contribution < 1.29 is 14.2 Å². The maximum atomic E-state index is 6.07. The van der Waals surface area contributed by atoms with Crippen molar-refractivity contribution in [3.8, 4) is 0 Å². The van der Waals surface area contributed by atoms with Crippen molar-refractivity contribution in [2.24, 2.45) is 28.5 Å². The molecule has 3 rings (SSSR count). The number of rotatable bonds is 7. The first-order chi connectivity index (χ1) is 13.9. The Morgan fingerprint density at radius 3 is 2.55 bits per heavy atom. The summed E-state index contributed by atoms with van der Waals surface area (Å²) >= 11 is 0. The Morgan fingerprint density at radius 2 is 1.93 bits per heavy atom. The van der Waals surface area contributed by atoms with Gasteiger partial charge < -0.3 is 24.8 Å². The molecule has 162 valence electrons. The van der Waals surface area contributed by atoms with Gasteiger partial charge in [0.1, 0.15) is 5.76 Å². The van der Waals surface area contributed by atoms with Crippen LogP contribution in [-0.4, -0.2) is 56.6 Å². The van der Waals surface area contributed by atoms with Crippen LogP contribution in [0.25, 0.3) is 0 Å². The van der Waals surface area contributed by atoms with Crippen molar-refractivity contribution in [2.75, 3.05) is 33.9 Å². The molecular formula is C23H37N3O3. The van der Waals surface area contributed by atoms with E-state index in [4.69, 9.17) is 24.9 Å². The number of hydrogen-bond donors (Lipinski definition) is 1. The molecule has 1 saturated heterocycles. The highest BCUT2D eigenvalue weighted by Crippen LogP contribution is 2.36. The van der Waals surface area contributed by atoms with E-state index in [0.29, 0.717) is 23.6 Å². The van der Waals surface area contributed by atoms with Crippen LogP contribution in [0, 0.1) is 17.8 Å². The Kier molecular flexibility index (Phi) is 7.41. The van der Waals surface area contributed by atoms with Crippen molar-refractivity contribution in [1.82, 2.24) is 4.90 Å². The summed E-state index contributed by atoms with van der Waals surface area (Å²) in [4.78, 5) is 7.34. The molecule has 3 aliphatic rings. The molecule has 3 atom stereocenters. The van der Waals surface area contributed by atoms with Gasteiger partial charge in [0.2, 0.25) is 0 Å². The van der Waals surface area contributed by atoms with Gasteiger partial charge in [-0.15, -0.1) is 0 Å². The summed E-state index contributed by atoms with van der Waals surface area (Å²) in [6, 6.07) is 0.365. The molecule has 0 saturated carbocycles. The summed E-state index contributed by atoms with van der Waals surface area (Å²) in [5.74, 6) is 3.24. The SMILES string of the molecule is COC1=CC(C2=NC=CC(CN3CCC(N)CC3)C2C)CC(OC)=C1OC(C)C. The summed E-state index contributed by atoms with van der Waals surface area (Å²) in [5.41, 5.74) is 7.26. The van der Waals surface area contributed by atoms with Crippen molar-refractivity contribution >= 4 is 5.71 Å². The molecule has 29 heavy (non-hydrogen) atoms. The first kappa shape index (κ1) is 21.9. The van der Waals surface area contributed by atoms with Crippen LogP contribution in [0.3, 0.4) is 0 Å². The molecule has 6 heteroatoms. The lowest BCUT2D eigenvalue weighted by Gasteiger charge is -2.36. The van der Waals surface area contributed by atoms with E-state index < -0.39 is 0 Å². The van der Waals surface area contributed by atoms with E-state index in [0.717, 1.165) is 50.4 Å². The van der Waals surface area contributed by atoms with Gasteiger partial charge in [-0.05, 0) is 51.8 Å². The fraction of sp³-hybridized carbons (Fsp3) is 0.696. The predicted molar refractivity (Wildman–Crippen MR) is 116 cm³/mol. The molecule has 3 unspecified atom stereocenters. The summed E-state index contributed by atoms with van der Waals surface area (Å²) in [6.07, 6.45) is 9.36. The highest BCUT2D eigenvalue weighted by molar-refractivity contribution is 5.92. The fourth-order valence-corrected chi connectivity index (χ4v) is 4.46. The topological polar surface area (TPSA) is 69.3 Å². The lowest BCUT2D eigenvalue weighted by atomic mass is 9.79. The molecule has 2 N–H and O–H groups in total. The second-order valence-corrected chi connectivity index (χ2v) is 8.65. The first-order valence-corrected chi connectivity index (χ1v) is 10.8. The van der Waals surface area contributed by atoms with Crippen LogP contribution < -0.4 is 5.73 Å². The summed E-state index contributed by atoms with van der Waals surface area (Å²) in [6.45, 7) is 9.55. The van der Waals surface area contributed by atoms with Gasteiger partial charge in [0.15, 0.2) is 11.5 Å². The molecule has 2 aliphatic heterocycles. The van der Waals surface area contributed by atoms with Gasteiger partial charge in [-0.2, -0.15) is 0 Å². The minimum absolute atomic E-state index is 0.0566. The number of nitrogens with two attached hydrogens (primary N) is 1. The number of methoxy groups -OCH3 is 2. The zero-order valence-electron chi connectivity index (χ0n) is 18.6. The van der Waals surface area contributed by atoms with Crippen LogP contribution in [0.1, 0.15) is 40.0 Å². The van der Waals surface area contributed by atoms with E-state index in [1.54, 1.807) is 14.2 Å². The van der Waals surface area contributed by atoms with E-state index >= 15 is 0 Å². The normalized spacial score (nSPS) is 29.0. The van der Waals surface area contributed by atoms with Crippen LogP contribution in [0.4, 0.5) is 0 Å². The molecule has 0 aromatic heterocycles. The van der Waals surface area contributed by atoms with E-state index in [1.807, 2.05) is 20.0 Å². The van der Waals surface area contributed by atoms with Gasteiger partial charge in [-0.1, -0.05) is 13.0 Å². The quantitative estimate of drug-likeness (QED) is 0.705. The third-order valence-corrected chi connectivity index (χ3v) is 6.20. The van der Waals surface area contributed by atoms with E-state index in [9.17, 15) is 0 Å². The molecule has 0 aromatic carbocycles. The van der Waals surface area contributed by atoms with Crippen molar-refractivity contribution in [2.45, 2.75) is 52.2 Å². The maximum absolute atomic E-state index is 6.07. The van der Waals surface area contributed by atoms with Crippen molar-refractivity contribution in [1.29, 1.82) is 0 Å². The highest BCUT2D eigenvalue weighted by Gasteiger charge is 2.34. The van der Waals surface area contributed by atoms with Gasteiger partial charge >= 0.3 is 0 Å². The predicted octanol–water partition coefficient (Wildman–Crippen LogP) is 3.46. The van der Waals surface area contributed by atoms with Crippen LogP contribution >= 0.6 is 0 Å². The third kappa shape index (κ3) is 5.23. The summed E-state index contributed by atoms with van der Waals surface area (Å²) in [5, 5.41) is 0. The molecule has 0 bridgehead atoms. The van der Waals surface area contributed by atoms with Crippen LogP contribution in [0.2, 0.25) is 0 Å². The summed E-state index contributed by atoms with van der Waals surface area (Å²) < 4.78 is 17.3. The number of likely N-dealkylation sites (tertiary alicyclic amines) is 1. The number of hydrogen-bond acceptors (Lipinski definition) is 6. The first-order valence-electron chi connectivity index (χ1n) is 10.8. The van der Waals surface area contributed by atoms with Crippen LogP contribution in [0.5, 0.6) is 0 Å². The minimum atomic E-state index is 0.0566.